The van der Waals surface area contributed by atoms with Gasteiger partial charge in [0, 0.05) is 43.3 Å². The van der Waals surface area contributed by atoms with Gasteiger partial charge in [0.05, 0.1) is 29.6 Å². The Labute approximate surface area is 247 Å². The summed E-state index contributed by atoms with van der Waals surface area (Å²) in [6.07, 6.45) is 6.14. The Morgan fingerprint density at radius 2 is 1.83 bits per heavy atom. The van der Waals surface area contributed by atoms with E-state index in [0.29, 0.717) is 41.6 Å². The molecule has 1 unspecified atom stereocenters. The molecular formula is C32H44FN3O6. The van der Waals surface area contributed by atoms with Gasteiger partial charge in [-0.2, -0.15) is 0 Å². The van der Waals surface area contributed by atoms with Gasteiger partial charge < -0.3 is 30.4 Å². The molecule has 1 aliphatic heterocycles. The Bertz CT molecular complexity index is 1330. The van der Waals surface area contributed by atoms with Gasteiger partial charge in [0.15, 0.2) is 6.29 Å². The van der Waals surface area contributed by atoms with E-state index in [-0.39, 0.29) is 36.1 Å². The van der Waals surface area contributed by atoms with Crippen molar-refractivity contribution < 1.29 is 33.7 Å². The molecule has 9 nitrogen and oxygen atoms in total. The van der Waals surface area contributed by atoms with Gasteiger partial charge in [-0.05, 0) is 73.3 Å². The number of hydrogen-bond donors (Lipinski definition) is 3. The molecule has 42 heavy (non-hydrogen) atoms. The number of carbonyl (C=O) groups is 3. The maximum Gasteiger partial charge on any atom is 0.204 e. The number of hydrogen-bond acceptors (Lipinski definition) is 8. The Hall–Kier alpha value is -3.47. The average Bonchev–Trinajstić information content (AvgIpc) is 3.28. The number of methoxy groups -OCH3 is 1. The van der Waals surface area contributed by atoms with E-state index in [1.54, 1.807) is 6.08 Å². The number of aromatic nitrogens is 1. The molecule has 1 aromatic heterocycles. The van der Waals surface area contributed by atoms with Gasteiger partial charge in [-0.1, -0.05) is 20.8 Å². The summed E-state index contributed by atoms with van der Waals surface area (Å²) in [6.45, 7) is 8.56. The molecule has 4 N–H and O–H groups in total. The van der Waals surface area contributed by atoms with E-state index in [9.17, 15) is 19.1 Å². The molecule has 2 heterocycles. The molecule has 0 radical (unpaired) electrons. The number of nitrogens with zero attached hydrogens (tertiary/aromatic N) is 2. The molecule has 1 fully saturated rings. The van der Waals surface area contributed by atoms with Crippen molar-refractivity contribution in [3.8, 4) is 0 Å². The topological polar surface area (TPSA) is 143 Å². The van der Waals surface area contributed by atoms with Crippen molar-refractivity contribution in [2.45, 2.75) is 78.6 Å². The lowest BCUT2D eigenvalue weighted by Crippen LogP contribution is -2.25. The smallest absolute Gasteiger partial charge is 0.204 e. The lowest BCUT2D eigenvalue weighted by molar-refractivity contribution is -0.113. The molecule has 1 atom stereocenters. The molecule has 2 aliphatic carbocycles. The number of aldehydes is 2. The van der Waals surface area contributed by atoms with Crippen molar-refractivity contribution in [3.05, 3.63) is 57.1 Å². The minimum Gasteiger partial charge on any atom is -0.393 e. The molecule has 0 saturated heterocycles. The highest BCUT2D eigenvalue weighted by Gasteiger charge is 2.31. The van der Waals surface area contributed by atoms with Gasteiger partial charge in [-0.3, -0.25) is 9.59 Å². The van der Waals surface area contributed by atoms with E-state index in [0.717, 1.165) is 54.5 Å². The van der Waals surface area contributed by atoms with Crippen LogP contribution in [0.5, 0.6) is 0 Å². The Morgan fingerprint density at radius 1 is 1.21 bits per heavy atom. The van der Waals surface area contributed by atoms with Gasteiger partial charge >= 0.3 is 0 Å². The number of aryl methyl sites for hydroxylation is 2. The van der Waals surface area contributed by atoms with Crippen LogP contribution in [-0.2, 0) is 38.5 Å². The minimum atomic E-state index is -1.47. The van der Waals surface area contributed by atoms with E-state index in [2.05, 4.69) is 12.7 Å². The van der Waals surface area contributed by atoms with Crippen LogP contribution in [-0.4, -0.2) is 72.1 Å². The van der Waals surface area contributed by atoms with Crippen LogP contribution in [0.2, 0.25) is 0 Å². The molecule has 1 amide bonds. The van der Waals surface area contributed by atoms with Crippen molar-refractivity contribution in [2.75, 3.05) is 20.8 Å². The third kappa shape index (κ3) is 7.67. The second-order valence-electron chi connectivity index (χ2n) is 10.5. The minimum absolute atomic E-state index is 0.0334. The van der Waals surface area contributed by atoms with Crippen molar-refractivity contribution >= 4 is 35.6 Å². The van der Waals surface area contributed by atoms with Crippen LogP contribution in [0.3, 0.4) is 0 Å². The fourth-order valence-corrected chi connectivity index (χ4v) is 5.58. The number of benzene rings is 1. The molecule has 1 saturated carbocycles. The number of rotatable bonds is 6. The first-order chi connectivity index (χ1) is 20.1. The Kier molecular flexibility index (Phi) is 13.4. The second-order valence-corrected chi connectivity index (χ2v) is 10.5. The number of carbonyl (C=O) groups excluding carboxylic acids is 3. The number of amides is 1. The summed E-state index contributed by atoms with van der Waals surface area (Å²) >= 11 is 0. The Balaban J connectivity index is 0.000000478. The number of aliphatic hydroxyl groups is 2. The molecule has 2 aromatic rings. The largest absolute Gasteiger partial charge is 0.393 e. The van der Waals surface area contributed by atoms with Gasteiger partial charge in [-0.25, -0.2) is 9.37 Å². The molecular weight excluding hydrogens is 541 g/mol. The quantitative estimate of drug-likeness (QED) is 0.345. The van der Waals surface area contributed by atoms with Crippen molar-refractivity contribution in [3.63, 3.8) is 0 Å². The van der Waals surface area contributed by atoms with Gasteiger partial charge in [-0.15, -0.1) is 0 Å². The predicted octanol–water partition coefficient (Wildman–Crippen LogP) is 3.56. The lowest BCUT2D eigenvalue weighted by Gasteiger charge is -2.27. The summed E-state index contributed by atoms with van der Waals surface area (Å²) in [5, 5.41) is 19.9. The molecule has 230 valence electrons. The zero-order valence-electron chi connectivity index (χ0n) is 25.4. The lowest BCUT2D eigenvalue weighted by atomic mass is 9.84. The maximum absolute atomic E-state index is 14.6. The maximum atomic E-state index is 14.6. The third-order valence-electron chi connectivity index (χ3n) is 7.62. The van der Waals surface area contributed by atoms with E-state index < -0.39 is 6.10 Å². The van der Waals surface area contributed by atoms with Crippen molar-refractivity contribution in [1.29, 1.82) is 0 Å². The highest BCUT2D eigenvalue weighted by atomic mass is 19.1. The fourth-order valence-electron chi connectivity index (χ4n) is 5.58. The summed E-state index contributed by atoms with van der Waals surface area (Å²) in [4.78, 5) is 38.3. The number of aliphatic hydroxyl groups excluding tert-OH is 2. The standard InChI is InChI=1S/C24H25FN2O4.C5H10O.C2H6.CH3NO/c1-13-15-5-4-6-16-18-9-27(2)21(24(18)26-20(23(15)16)8-19(13)25)7-17(22(30)11-29)14(10-28)12-31-3;1-4-2-5(6)3-4;1-2;2-1-3/h7-8,10-11,22,30H,4-6,9,12H2,1-3H3;4-6H,2-3H2,1H3;1-2H3;1H,(H2,2,3)/b17-14-,21-7-;;;. The van der Waals surface area contributed by atoms with Crippen LogP contribution in [0.1, 0.15) is 68.0 Å². The van der Waals surface area contributed by atoms with Gasteiger partial charge in [0.25, 0.3) is 0 Å². The van der Waals surface area contributed by atoms with Crippen molar-refractivity contribution in [1.82, 2.24) is 9.88 Å². The summed E-state index contributed by atoms with van der Waals surface area (Å²) in [5.41, 5.74) is 10.5. The molecule has 3 aliphatic rings. The van der Waals surface area contributed by atoms with Crippen LogP contribution in [0.15, 0.2) is 23.3 Å². The number of halogens is 1. The van der Waals surface area contributed by atoms with E-state index in [1.807, 2.05) is 32.7 Å². The van der Waals surface area contributed by atoms with E-state index in [1.165, 1.54) is 18.7 Å². The molecule has 10 heteroatoms. The number of primary amides is 1. The first kappa shape index (κ1) is 34.7. The second kappa shape index (κ2) is 16.2. The number of nitrogens with two attached hydrogens (primary N) is 1. The average molecular weight is 586 g/mol. The monoisotopic (exact) mass is 585 g/mol. The summed E-state index contributed by atoms with van der Waals surface area (Å²) in [6, 6.07) is 1.48. The zero-order valence-corrected chi connectivity index (χ0v) is 25.4. The zero-order chi connectivity index (χ0) is 31.6. The number of ether oxygens (including phenoxy) is 1. The first-order valence-electron chi connectivity index (χ1n) is 14.3. The molecule has 0 spiro atoms. The third-order valence-corrected chi connectivity index (χ3v) is 7.62. The summed E-state index contributed by atoms with van der Waals surface area (Å²) < 4.78 is 19.6. The van der Waals surface area contributed by atoms with E-state index >= 15 is 0 Å². The molecule has 0 bridgehead atoms. The van der Waals surface area contributed by atoms with E-state index in [4.69, 9.17) is 19.6 Å². The predicted molar refractivity (Wildman–Crippen MR) is 161 cm³/mol. The van der Waals surface area contributed by atoms with Crippen LogP contribution >= 0.6 is 0 Å². The van der Waals surface area contributed by atoms with Gasteiger partial charge in [0.2, 0.25) is 6.41 Å². The highest BCUT2D eigenvalue weighted by molar-refractivity contribution is 5.92. The molecule has 1 aromatic carbocycles. The molecule has 5 rings (SSSR count). The van der Waals surface area contributed by atoms with Crippen LogP contribution in [0.25, 0.3) is 16.6 Å². The van der Waals surface area contributed by atoms with Gasteiger partial charge in [0.1, 0.15) is 18.2 Å². The number of pyridine rings is 1. The normalized spacial score (nSPS) is 20.3. The van der Waals surface area contributed by atoms with Crippen molar-refractivity contribution in [2.24, 2.45) is 11.7 Å². The summed E-state index contributed by atoms with van der Waals surface area (Å²) in [5.74, 6) is 0.528. The SMILES string of the molecule is CC.CC1CC(O)C1.COC/C(C=O)=C(/C=C1/c2nc3cc(F)c(C)c4c3c(c2CN1C)CCC4)C(O)C=O.NC=O. The highest BCUT2D eigenvalue weighted by Crippen LogP contribution is 2.41. The van der Waals surface area contributed by atoms with Crippen LogP contribution < -0.4 is 5.73 Å². The van der Waals surface area contributed by atoms with Crippen LogP contribution in [0, 0.1) is 18.7 Å². The Morgan fingerprint density at radius 3 is 2.33 bits per heavy atom. The van der Waals surface area contributed by atoms with Crippen LogP contribution in [0.4, 0.5) is 4.39 Å². The first-order valence-corrected chi connectivity index (χ1v) is 14.3. The number of fused-ring (bicyclic) bond motifs is 2. The fraction of sp³-hybridized carbons (Fsp3) is 0.500. The summed E-state index contributed by atoms with van der Waals surface area (Å²) in [7, 11) is 3.33.